The van der Waals surface area contributed by atoms with E-state index in [1.807, 2.05) is 23.1 Å². The molecule has 1 aromatic rings. The van der Waals surface area contributed by atoms with E-state index in [0.717, 1.165) is 38.3 Å². The summed E-state index contributed by atoms with van der Waals surface area (Å²) in [5.41, 5.74) is 7.03. The average molecular weight is 274 g/mol. The van der Waals surface area contributed by atoms with E-state index in [-0.39, 0.29) is 11.8 Å². The van der Waals surface area contributed by atoms with Gasteiger partial charge in [-0.3, -0.25) is 4.79 Å². The molecule has 0 bridgehead atoms. The van der Waals surface area contributed by atoms with Crippen LogP contribution in [0, 0.1) is 11.8 Å². The fraction of sp³-hybridized carbons (Fsp3) is 0.588. The molecule has 0 radical (unpaired) electrons. The third kappa shape index (κ3) is 3.83. The van der Waals surface area contributed by atoms with Crippen LogP contribution in [-0.4, -0.2) is 30.4 Å². The predicted molar refractivity (Wildman–Crippen MR) is 82.3 cm³/mol. The Hall–Kier alpha value is -1.35. The van der Waals surface area contributed by atoms with Gasteiger partial charge in [-0.2, -0.15) is 0 Å². The van der Waals surface area contributed by atoms with Crippen molar-refractivity contribution in [2.45, 2.75) is 32.6 Å². The van der Waals surface area contributed by atoms with Crippen LogP contribution in [0.4, 0.5) is 0 Å². The van der Waals surface area contributed by atoms with Crippen molar-refractivity contribution in [3.63, 3.8) is 0 Å². The lowest BCUT2D eigenvalue weighted by atomic mass is 9.92. The molecule has 2 N–H and O–H groups in total. The van der Waals surface area contributed by atoms with E-state index < -0.39 is 0 Å². The van der Waals surface area contributed by atoms with Crippen molar-refractivity contribution < 1.29 is 4.79 Å². The quantitative estimate of drug-likeness (QED) is 0.896. The number of nitrogens with two attached hydrogens (primary N) is 1. The highest BCUT2D eigenvalue weighted by Gasteiger charge is 2.27. The molecule has 1 atom stereocenters. The maximum atomic E-state index is 12.6. The van der Waals surface area contributed by atoms with E-state index in [2.05, 4.69) is 19.1 Å². The van der Waals surface area contributed by atoms with E-state index in [1.54, 1.807) is 0 Å². The van der Waals surface area contributed by atoms with Gasteiger partial charge in [0.1, 0.15) is 0 Å². The standard InChI is InChI=1S/C17H26N2O/c1-2-14-8-10-19(11-9-14)17(20)16(13-18)12-15-6-4-3-5-7-15/h3-7,14,16H,2,8-13,18H2,1H3. The lowest BCUT2D eigenvalue weighted by molar-refractivity contribution is -0.136. The summed E-state index contributed by atoms with van der Waals surface area (Å²) >= 11 is 0. The SMILES string of the molecule is CCC1CCN(C(=O)C(CN)Cc2ccccc2)CC1. The van der Waals surface area contributed by atoms with Crippen molar-refractivity contribution in [2.24, 2.45) is 17.6 Å². The minimum Gasteiger partial charge on any atom is -0.342 e. The van der Waals surface area contributed by atoms with Crippen molar-refractivity contribution in [3.8, 4) is 0 Å². The second kappa shape index (κ2) is 7.44. The van der Waals surface area contributed by atoms with Crippen LogP contribution in [0.15, 0.2) is 30.3 Å². The maximum absolute atomic E-state index is 12.6. The van der Waals surface area contributed by atoms with E-state index >= 15 is 0 Å². The number of rotatable bonds is 5. The largest absolute Gasteiger partial charge is 0.342 e. The number of benzene rings is 1. The summed E-state index contributed by atoms with van der Waals surface area (Å²) < 4.78 is 0. The average Bonchev–Trinajstić information content (AvgIpc) is 2.53. The molecule has 1 amide bonds. The first-order valence-corrected chi connectivity index (χ1v) is 7.77. The summed E-state index contributed by atoms with van der Waals surface area (Å²) in [6.45, 7) is 4.48. The van der Waals surface area contributed by atoms with E-state index in [4.69, 9.17) is 5.73 Å². The Morgan fingerprint density at radius 2 is 1.95 bits per heavy atom. The Morgan fingerprint density at radius 1 is 1.30 bits per heavy atom. The van der Waals surface area contributed by atoms with Crippen LogP contribution >= 0.6 is 0 Å². The second-order valence-corrected chi connectivity index (χ2v) is 5.80. The normalized spacial score (nSPS) is 18.0. The minimum atomic E-state index is -0.0735. The number of hydrogen-bond acceptors (Lipinski definition) is 2. The molecule has 1 fully saturated rings. The molecule has 0 spiro atoms. The van der Waals surface area contributed by atoms with Crippen molar-refractivity contribution in [1.82, 2.24) is 4.90 Å². The lowest BCUT2D eigenvalue weighted by Crippen LogP contribution is -2.44. The maximum Gasteiger partial charge on any atom is 0.227 e. The monoisotopic (exact) mass is 274 g/mol. The molecule has 1 aromatic carbocycles. The zero-order chi connectivity index (χ0) is 14.4. The zero-order valence-electron chi connectivity index (χ0n) is 12.4. The molecule has 3 heteroatoms. The molecule has 0 aromatic heterocycles. The Kier molecular flexibility index (Phi) is 5.60. The van der Waals surface area contributed by atoms with Gasteiger partial charge in [-0.15, -0.1) is 0 Å². The van der Waals surface area contributed by atoms with Gasteiger partial charge in [-0.05, 0) is 30.7 Å². The summed E-state index contributed by atoms with van der Waals surface area (Å²) in [4.78, 5) is 14.6. The Balaban J connectivity index is 1.92. The van der Waals surface area contributed by atoms with Crippen molar-refractivity contribution in [3.05, 3.63) is 35.9 Å². The third-order valence-corrected chi connectivity index (χ3v) is 4.46. The molecular weight excluding hydrogens is 248 g/mol. The number of nitrogens with zero attached hydrogens (tertiary/aromatic N) is 1. The fourth-order valence-electron chi connectivity index (χ4n) is 2.99. The predicted octanol–water partition coefficient (Wildman–Crippen LogP) is 2.45. The smallest absolute Gasteiger partial charge is 0.227 e. The Morgan fingerprint density at radius 3 is 2.50 bits per heavy atom. The molecule has 110 valence electrons. The summed E-state index contributed by atoms with van der Waals surface area (Å²) in [5.74, 6) is 0.964. The van der Waals surface area contributed by atoms with Gasteiger partial charge in [0.2, 0.25) is 5.91 Å². The first kappa shape index (κ1) is 15.0. The number of carbonyl (C=O) groups excluding carboxylic acids is 1. The van der Waals surface area contributed by atoms with Gasteiger partial charge in [0, 0.05) is 19.6 Å². The van der Waals surface area contributed by atoms with Crippen LogP contribution in [0.3, 0.4) is 0 Å². The topological polar surface area (TPSA) is 46.3 Å². The molecule has 1 unspecified atom stereocenters. The highest BCUT2D eigenvalue weighted by molar-refractivity contribution is 5.79. The van der Waals surface area contributed by atoms with Crippen LogP contribution in [-0.2, 0) is 11.2 Å². The van der Waals surface area contributed by atoms with E-state index in [1.165, 1.54) is 12.0 Å². The van der Waals surface area contributed by atoms with Crippen molar-refractivity contribution >= 4 is 5.91 Å². The highest BCUT2D eigenvalue weighted by atomic mass is 16.2. The van der Waals surface area contributed by atoms with Gasteiger partial charge in [-0.25, -0.2) is 0 Å². The molecule has 1 saturated heterocycles. The van der Waals surface area contributed by atoms with Gasteiger partial charge in [-0.1, -0.05) is 43.7 Å². The molecule has 0 saturated carbocycles. The minimum absolute atomic E-state index is 0.0735. The van der Waals surface area contributed by atoms with Crippen LogP contribution in [0.25, 0.3) is 0 Å². The van der Waals surface area contributed by atoms with Gasteiger partial charge < -0.3 is 10.6 Å². The van der Waals surface area contributed by atoms with Gasteiger partial charge in [0.05, 0.1) is 5.92 Å². The summed E-state index contributed by atoms with van der Waals surface area (Å²) in [5, 5.41) is 0. The molecule has 20 heavy (non-hydrogen) atoms. The van der Waals surface area contributed by atoms with E-state index in [0.29, 0.717) is 6.54 Å². The van der Waals surface area contributed by atoms with Crippen LogP contribution in [0.1, 0.15) is 31.7 Å². The lowest BCUT2D eigenvalue weighted by Gasteiger charge is -2.33. The second-order valence-electron chi connectivity index (χ2n) is 5.80. The molecule has 1 heterocycles. The van der Waals surface area contributed by atoms with Crippen LogP contribution < -0.4 is 5.73 Å². The first-order chi connectivity index (χ1) is 9.74. The summed E-state index contributed by atoms with van der Waals surface area (Å²) in [7, 11) is 0. The van der Waals surface area contributed by atoms with Crippen molar-refractivity contribution in [2.75, 3.05) is 19.6 Å². The Bertz CT molecular complexity index is 410. The molecule has 2 rings (SSSR count). The molecule has 1 aliphatic rings. The molecular formula is C17H26N2O. The number of amides is 1. The molecule has 1 aliphatic heterocycles. The van der Waals surface area contributed by atoms with Crippen LogP contribution in [0.2, 0.25) is 0 Å². The fourth-order valence-corrected chi connectivity index (χ4v) is 2.99. The van der Waals surface area contributed by atoms with Crippen molar-refractivity contribution in [1.29, 1.82) is 0 Å². The third-order valence-electron chi connectivity index (χ3n) is 4.46. The van der Waals surface area contributed by atoms with Gasteiger partial charge in [0.25, 0.3) is 0 Å². The summed E-state index contributed by atoms with van der Waals surface area (Å²) in [6.07, 6.45) is 4.27. The summed E-state index contributed by atoms with van der Waals surface area (Å²) in [6, 6.07) is 10.2. The molecule has 3 nitrogen and oxygen atoms in total. The first-order valence-electron chi connectivity index (χ1n) is 7.77. The number of likely N-dealkylation sites (tertiary alicyclic amines) is 1. The number of hydrogen-bond donors (Lipinski definition) is 1. The highest BCUT2D eigenvalue weighted by Crippen LogP contribution is 2.22. The van der Waals surface area contributed by atoms with Crippen LogP contribution in [0.5, 0.6) is 0 Å². The number of carbonyl (C=O) groups is 1. The molecule has 0 aliphatic carbocycles. The van der Waals surface area contributed by atoms with E-state index in [9.17, 15) is 4.79 Å². The Labute approximate surface area is 122 Å². The number of piperidine rings is 1. The zero-order valence-corrected chi connectivity index (χ0v) is 12.4. The van der Waals surface area contributed by atoms with Gasteiger partial charge >= 0.3 is 0 Å². The van der Waals surface area contributed by atoms with Gasteiger partial charge in [0.15, 0.2) is 0 Å².